The first-order valence-corrected chi connectivity index (χ1v) is 7.55. The average Bonchev–Trinajstić information content (AvgIpc) is 2.34. The normalized spacial score (nSPS) is 19.8. The second kappa shape index (κ2) is 8.93. The van der Waals surface area contributed by atoms with E-state index in [-0.39, 0.29) is 0 Å². The summed E-state index contributed by atoms with van der Waals surface area (Å²) in [4.78, 5) is 0. The Labute approximate surface area is 108 Å². The first-order chi connectivity index (χ1) is 8.24. The number of hydrogen-bond donors (Lipinski definition) is 1. The van der Waals surface area contributed by atoms with Crippen LogP contribution in [0.2, 0.25) is 0 Å². The molecule has 17 heavy (non-hydrogen) atoms. The Morgan fingerprint density at radius 3 is 2.47 bits per heavy atom. The van der Waals surface area contributed by atoms with Gasteiger partial charge in [0.2, 0.25) is 0 Å². The molecule has 0 amide bonds. The minimum Gasteiger partial charge on any atom is -0.380 e. The van der Waals surface area contributed by atoms with Crippen LogP contribution < -0.4 is 5.32 Å². The summed E-state index contributed by atoms with van der Waals surface area (Å²) in [6.07, 6.45) is 8.64. The zero-order valence-corrected chi connectivity index (χ0v) is 12.0. The van der Waals surface area contributed by atoms with Crippen molar-refractivity contribution < 1.29 is 4.74 Å². The topological polar surface area (TPSA) is 21.3 Å². The van der Waals surface area contributed by atoms with Gasteiger partial charge in [-0.1, -0.05) is 46.0 Å². The Balaban J connectivity index is 2.12. The predicted molar refractivity (Wildman–Crippen MR) is 74.3 cm³/mol. The molecule has 0 bridgehead atoms. The highest BCUT2D eigenvalue weighted by atomic mass is 16.5. The summed E-state index contributed by atoms with van der Waals surface area (Å²) in [5.74, 6) is 1.64. The van der Waals surface area contributed by atoms with E-state index < -0.39 is 0 Å². The third kappa shape index (κ3) is 6.42. The van der Waals surface area contributed by atoms with Gasteiger partial charge in [0.05, 0.1) is 6.61 Å². The summed E-state index contributed by atoms with van der Waals surface area (Å²) in [5.41, 5.74) is 0. The second-order valence-electron chi connectivity index (χ2n) is 5.76. The van der Waals surface area contributed by atoms with Crippen molar-refractivity contribution in [1.82, 2.24) is 5.32 Å². The van der Waals surface area contributed by atoms with E-state index in [0.717, 1.165) is 19.1 Å². The van der Waals surface area contributed by atoms with Crippen LogP contribution in [0.5, 0.6) is 0 Å². The van der Waals surface area contributed by atoms with Crippen LogP contribution in [0, 0.1) is 11.8 Å². The van der Waals surface area contributed by atoms with Crippen molar-refractivity contribution in [3.8, 4) is 0 Å². The van der Waals surface area contributed by atoms with Gasteiger partial charge in [-0.15, -0.1) is 0 Å². The molecule has 0 aromatic carbocycles. The van der Waals surface area contributed by atoms with Gasteiger partial charge >= 0.3 is 0 Å². The molecule has 1 atom stereocenters. The maximum atomic E-state index is 5.54. The quantitative estimate of drug-likeness (QED) is 0.701. The molecule has 1 aliphatic rings. The van der Waals surface area contributed by atoms with Gasteiger partial charge in [0.15, 0.2) is 0 Å². The van der Waals surface area contributed by atoms with Crippen LogP contribution in [0.25, 0.3) is 0 Å². The summed E-state index contributed by atoms with van der Waals surface area (Å²) in [5, 5.41) is 3.68. The molecule has 2 nitrogen and oxygen atoms in total. The van der Waals surface area contributed by atoms with Crippen LogP contribution in [0.1, 0.15) is 59.3 Å². The van der Waals surface area contributed by atoms with Crippen molar-refractivity contribution >= 4 is 0 Å². The van der Waals surface area contributed by atoms with Gasteiger partial charge in [-0.05, 0) is 31.7 Å². The van der Waals surface area contributed by atoms with Crippen LogP contribution in [-0.4, -0.2) is 25.8 Å². The molecule has 1 aliphatic carbocycles. The molecular weight excluding hydrogens is 210 g/mol. The second-order valence-corrected chi connectivity index (χ2v) is 5.76. The molecule has 0 saturated heterocycles. The molecule has 0 aromatic rings. The highest BCUT2D eigenvalue weighted by Crippen LogP contribution is 2.25. The number of ether oxygens (including phenoxy) is 1. The molecule has 0 aliphatic heterocycles. The van der Waals surface area contributed by atoms with Crippen LogP contribution in [0.3, 0.4) is 0 Å². The van der Waals surface area contributed by atoms with Crippen molar-refractivity contribution in [2.24, 2.45) is 11.8 Å². The third-order valence-electron chi connectivity index (χ3n) is 3.99. The lowest BCUT2D eigenvalue weighted by Crippen LogP contribution is -2.39. The molecule has 1 unspecified atom stereocenters. The molecule has 1 N–H and O–H groups in total. The summed E-state index contributed by atoms with van der Waals surface area (Å²) in [6.45, 7) is 9.47. The number of hydrogen-bond acceptors (Lipinski definition) is 2. The van der Waals surface area contributed by atoms with E-state index in [1.165, 1.54) is 45.1 Å². The lowest BCUT2D eigenvalue weighted by atomic mass is 9.87. The molecule has 0 radical (unpaired) electrons. The minimum atomic E-state index is 0.526. The van der Waals surface area contributed by atoms with Crippen LogP contribution in [0.4, 0.5) is 0 Å². The third-order valence-corrected chi connectivity index (χ3v) is 3.99. The fraction of sp³-hybridized carbons (Fsp3) is 1.00. The van der Waals surface area contributed by atoms with E-state index in [9.17, 15) is 0 Å². The fourth-order valence-corrected chi connectivity index (χ4v) is 2.68. The van der Waals surface area contributed by atoms with E-state index >= 15 is 0 Å². The lowest BCUT2D eigenvalue weighted by molar-refractivity contribution is 0.107. The molecule has 0 aromatic heterocycles. The minimum absolute atomic E-state index is 0.526. The maximum Gasteiger partial charge on any atom is 0.0621 e. The number of nitrogens with one attached hydrogen (secondary N) is 1. The zero-order valence-electron chi connectivity index (χ0n) is 12.0. The standard InChI is InChI=1S/C15H31NO/c1-4-17-12-15(13(2)3)16-11-10-14-8-6-5-7-9-14/h13-16H,4-12H2,1-3H3. The molecule has 1 rings (SSSR count). The summed E-state index contributed by atoms with van der Waals surface area (Å²) >= 11 is 0. The van der Waals surface area contributed by atoms with Gasteiger partial charge in [-0.3, -0.25) is 0 Å². The molecular formula is C15H31NO. The van der Waals surface area contributed by atoms with E-state index in [2.05, 4.69) is 26.1 Å². The van der Waals surface area contributed by atoms with Crippen LogP contribution in [-0.2, 0) is 4.74 Å². The van der Waals surface area contributed by atoms with Gasteiger partial charge in [0.1, 0.15) is 0 Å². The fourth-order valence-electron chi connectivity index (χ4n) is 2.68. The van der Waals surface area contributed by atoms with E-state index in [0.29, 0.717) is 12.0 Å². The van der Waals surface area contributed by atoms with Gasteiger partial charge in [0.25, 0.3) is 0 Å². The predicted octanol–water partition coefficient (Wildman–Crippen LogP) is 3.61. The van der Waals surface area contributed by atoms with Crippen LogP contribution in [0.15, 0.2) is 0 Å². The molecule has 1 fully saturated rings. The highest BCUT2D eigenvalue weighted by Gasteiger charge is 2.15. The first-order valence-electron chi connectivity index (χ1n) is 7.55. The molecule has 2 heteroatoms. The van der Waals surface area contributed by atoms with Gasteiger partial charge in [-0.2, -0.15) is 0 Å². The Hall–Kier alpha value is -0.0800. The van der Waals surface area contributed by atoms with Crippen molar-refractivity contribution in [3.05, 3.63) is 0 Å². The highest BCUT2D eigenvalue weighted by molar-refractivity contribution is 4.72. The smallest absolute Gasteiger partial charge is 0.0621 e. The number of rotatable bonds is 8. The zero-order chi connectivity index (χ0) is 12.5. The van der Waals surface area contributed by atoms with Crippen molar-refractivity contribution in [2.75, 3.05) is 19.8 Å². The van der Waals surface area contributed by atoms with Crippen LogP contribution >= 0.6 is 0 Å². The molecule has 1 saturated carbocycles. The van der Waals surface area contributed by atoms with Gasteiger partial charge in [0, 0.05) is 12.6 Å². The average molecular weight is 241 g/mol. The van der Waals surface area contributed by atoms with Gasteiger partial charge < -0.3 is 10.1 Å². The van der Waals surface area contributed by atoms with Crippen molar-refractivity contribution in [1.29, 1.82) is 0 Å². The summed E-state index contributed by atoms with van der Waals surface area (Å²) < 4.78 is 5.54. The SMILES string of the molecule is CCOCC(NCCC1CCCCC1)C(C)C. The Morgan fingerprint density at radius 1 is 1.18 bits per heavy atom. The Kier molecular flexibility index (Phi) is 7.87. The Bertz CT molecular complexity index is 176. The maximum absolute atomic E-state index is 5.54. The Morgan fingerprint density at radius 2 is 1.88 bits per heavy atom. The lowest BCUT2D eigenvalue weighted by Gasteiger charge is -2.25. The monoisotopic (exact) mass is 241 g/mol. The van der Waals surface area contributed by atoms with E-state index in [4.69, 9.17) is 4.74 Å². The summed E-state index contributed by atoms with van der Waals surface area (Å²) in [7, 11) is 0. The van der Waals surface area contributed by atoms with Crippen molar-refractivity contribution in [3.63, 3.8) is 0 Å². The first kappa shape index (κ1) is 15.0. The van der Waals surface area contributed by atoms with E-state index in [1.807, 2.05) is 0 Å². The van der Waals surface area contributed by atoms with E-state index in [1.54, 1.807) is 0 Å². The van der Waals surface area contributed by atoms with Gasteiger partial charge in [-0.25, -0.2) is 0 Å². The molecule has 102 valence electrons. The summed E-state index contributed by atoms with van der Waals surface area (Å²) in [6, 6.07) is 0.526. The van der Waals surface area contributed by atoms with Crippen molar-refractivity contribution in [2.45, 2.75) is 65.3 Å². The molecule has 0 spiro atoms. The largest absolute Gasteiger partial charge is 0.380 e. The molecule has 0 heterocycles.